The van der Waals surface area contributed by atoms with E-state index < -0.39 is 5.97 Å². The highest BCUT2D eigenvalue weighted by atomic mass is 32.1. The van der Waals surface area contributed by atoms with Crippen molar-refractivity contribution < 1.29 is 9.90 Å². The van der Waals surface area contributed by atoms with Crippen LogP contribution in [-0.4, -0.2) is 29.1 Å². The molecule has 2 rings (SSSR count). The quantitative estimate of drug-likeness (QED) is 0.785. The Morgan fingerprint density at radius 3 is 2.86 bits per heavy atom. The lowest BCUT2D eigenvalue weighted by molar-refractivity contribution is -0.131. The highest BCUT2D eigenvalue weighted by molar-refractivity contribution is 7.10. The van der Waals surface area contributed by atoms with Gasteiger partial charge in [0.15, 0.2) is 0 Å². The van der Waals surface area contributed by atoms with E-state index in [9.17, 15) is 4.79 Å². The van der Waals surface area contributed by atoms with Crippen LogP contribution >= 0.6 is 22.7 Å². The third kappa shape index (κ3) is 4.81. The molecule has 0 amide bonds. The number of likely N-dealkylation sites (N-methyl/N-ethyl adjacent to an activating group) is 1. The predicted octanol–water partition coefficient (Wildman–Crippen LogP) is 3.97. The Bertz CT molecular complexity index is 602. The summed E-state index contributed by atoms with van der Waals surface area (Å²) in [5.74, 6) is -0.911. The van der Waals surface area contributed by atoms with Crippen molar-refractivity contribution in [3.05, 3.63) is 50.4 Å². The normalized spacial score (nSPS) is 13.1. The Morgan fingerprint density at radius 2 is 2.19 bits per heavy atom. The van der Waals surface area contributed by atoms with Crippen molar-refractivity contribution in [2.75, 3.05) is 7.05 Å². The van der Waals surface area contributed by atoms with Crippen LogP contribution in [0.4, 0.5) is 0 Å². The molecule has 21 heavy (non-hydrogen) atoms. The molecule has 0 radical (unpaired) electrons. The van der Waals surface area contributed by atoms with E-state index in [4.69, 9.17) is 5.11 Å². The van der Waals surface area contributed by atoms with Crippen molar-refractivity contribution in [2.45, 2.75) is 25.9 Å². The molecule has 112 valence electrons. The molecule has 2 aromatic heterocycles. The largest absolute Gasteiger partial charge is 0.478 e. The van der Waals surface area contributed by atoms with Gasteiger partial charge in [0, 0.05) is 28.4 Å². The van der Waals surface area contributed by atoms with Gasteiger partial charge in [-0.25, -0.2) is 4.79 Å². The van der Waals surface area contributed by atoms with Gasteiger partial charge < -0.3 is 5.11 Å². The standard InChI is InChI=1S/C16H19NO2S2/c1-12(10-14-4-3-8-20-14)17(2)11-15-13(7-9-21-15)5-6-16(18)19/h3-9,12H,10-11H2,1-2H3,(H,18,19). The Kier molecular flexibility index (Phi) is 5.73. The average Bonchev–Trinajstić information content (AvgIpc) is 3.08. The number of carboxylic acids is 1. The minimum Gasteiger partial charge on any atom is -0.478 e. The van der Waals surface area contributed by atoms with Gasteiger partial charge in [-0.3, -0.25) is 4.90 Å². The third-order valence-electron chi connectivity index (χ3n) is 3.41. The lowest BCUT2D eigenvalue weighted by Crippen LogP contribution is -2.30. The smallest absolute Gasteiger partial charge is 0.328 e. The maximum atomic E-state index is 10.6. The summed E-state index contributed by atoms with van der Waals surface area (Å²) in [6, 6.07) is 6.67. The number of nitrogens with zero attached hydrogens (tertiary/aromatic N) is 1. The molecule has 0 bridgehead atoms. The zero-order valence-electron chi connectivity index (χ0n) is 12.2. The zero-order valence-corrected chi connectivity index (χ0v) is 13.8. The van der Waals surface area contributed by atoms with Crippen LogP contribution in [0.3, 0.4) is 0 Å². The summed E-state index contributed by atoms with van der Waals surface area (Å²) in [6.07, 6.45) is 3.91. The minimum atomic E-state index is -0.911. The molecule has 0 saturated heterocycles. The molecule has 0 aliphatic rings. The maximum Gasteiger partial charge on any atom is 0.328 e. The number of hydrogen-bond donors (Lipinski definition) is 1. The van der Waals surface area contributed by atoms with Crippen molar-refractivity contribution in [3.8, 4) is 0 Å². The highest BCUT2D eigenvalue weighted by Gasteiger charge is 2.13. The Morgan fingerprint density at radius 1 is 1.38 bits per heavy atom. The molecule has 3 nitrogen and oxygen atoms in total. The molecule has 2 aromatic rings. The Balaban J connectivity index is 1.97. The van der Waals surface area contributed by atoms with Crippen LogP contribution in [-0.2, 0) is 17.8 Å². The fourth-order valence-electron chi connectivity index (χ4n) is 2.05. The molecule has 0 fully saturated rings. The van der Waals surface area contributed by atoms with Gasteiger partial charge in [0.25, 0.3) is 0 Å². The summed E-state index contributed by atoms with van der Waals surface area (Å²) in [6.45, 7) is 3.06. The van der Waals surface area contributed by atoms with Gasteiger partial charge in [-0.15, -0.1) is 22.7 Å². The summed E-state index contributed by atoms with van der Waals surface area (Å²) in [4.78, 5) is 15.5. The van der Waals surface area contributed by atoms with Gasteiger partial charge in [-0.05, 0) is 54.9 Å². The van der Waals surface area contributed by atoms with Crippen molar-refractivity contribution in [1.82, 2.24) is 4.90 Å². The van der Waals surface area contributed by atoms with Gasteiger partial charge in [-0.1, -0.05) is 6.07 Å². The second kappa shape index (κ2) is 7.54. The molecule has 0 aromatic carbocycles. The average molecular weight is 321 g/mol. The summed E-state index contributed by atoms with van der Waals surface area (Å²) >= 11 is 3.46. The first kappa shape index (κ1) is 15.9. The molecule has 0 saturated carbocycles. The third-order valence-corrected chi connectivity index (χ3v) is 5.23. The van der Waals surface area contributed by atoms with Crippen LogP contribution in [0.15, 0.2) is 35.0 Å². The van der Waals surface area contributed by atoms with E-state index in [1.807, 2.05) is 11.4 Å². The van der Waals surface area contributed by atoms with E-state index in [1.165, 1.54) is 15.8 Å². The number of rotatable bonds is 7. The van der Waals surface area contributed by atoms with Crippen molar-refractivity contribution in [3.63, 3.8) is 0 Å². The van der Waals surface area contributed by atoms with Crippen LogP contribution < -0.4 is 0 Å². The molecule has 2 heterocycles. The van der Waals surface area contributed by atoms with Gasteiger partial charge in [0.2, 0.25) is 0 Å². The maximum absolute atomic E-state index is 10.6. The summed E-state index contributed by atoms with van der Waals surface area (Å²) in [7, 11) is 2.11. The number of carboxylic acid groups (broad SMARTS) is 1. The molecular weight excluding hydrogens is 302 g/mol. The molecular formula is C16H19NO2S2. The van der Waals surface area contributed by atoms with E-state index in [2.05, 4.69) is 36.4 Å². The van der Waals surface area contributed by atoms with Crippen LogP contribution in [0.25, 0.3) is 6.08 Å². The van der Waals surface area contributed by atoms with Crippen LogP contribution in [0.1, 0.15) is 22.2 Å². The molecule has 0 spiro atoms. The molecule has 1 unspecified atom stereocenters. The van der Waals surface area contributed by atoms with Gasteiger partial charge in [0.05, 0.1) is 0 Å². The number of thiophene rings is 2. The van der Waals surface area contributed by atoms with E-state index in [1.54, 1.807) is 28.7 Å². The van der Waals surface area contributed by atoms with Crippen LogP contribution in [0.5, 0.6) is 0 Å². The Hall–Kier alpha value is -1.43. The first-order valence-electron chi connectivity index (χ1n) is 6.76. The molecule has 1 N–H and O–H groups in total. The number of aliphatic carboxylic acids is 1. The molecule has 0 aliphatic heterocycles. The first-order valence-corrected chi connectivity index (χ1v) is 8.52. The number of carbonyl (C=O) groups is 1. The van der Waals surface area contributed by atoms with Crippen molar-refractivity contribution in [2.24, 2.45) is 0 Å². The first-order chi connectivity index (χ1) is 10.1. The topological polar surface area (TPSA) is 40.5 Å². The summed E-state index contributed by atoms with van der Waals surface area (Å²) in [5.41, 5.74) is 0.998. The molecule has 0 aliphatic carbocycles. The second-order valence-electron chi connectivity index (χ2n) is 5.02. The van der Waals surface area contributed by atoms with Crippen LogP contribution in [0, 0.1) is 0 Å². The van der Waals surface area contributed by atoms with Gasteiger partial charge >= 0.3 is 5.97 Å². The summed E-state index contributed by atoms with van der Waals surface area (Å²) in [5, 5.41) is 12.8. The zero-order chi connectivity index (χ0) is 15.2. The molecule has 1 atom stereocenters. The summed E-state index contributed by atoms with van der Waals surface area (Å²) < 4.78 is 0. The monoisotopic (exact) mass is 321 g/mol. The fraction of sp³-hybridized carbons (Fsp3) is 0.312. The van der Waals surface area contributed by atoms with E-state index in [-0.39, 0.29) is 0 Å². The van der Waals surface area contributed by atoms with Gasteiger partial charge in [-0.2, -0.15) is 0 Å². The van der Waals surface area contributed by atoms with E-state index in [0.29, 0.717) is 6.04 Å². The van der Waals surface area contributed by atoms with Crippen LogP contribution in [0.2, 0.25) is 0 Å². The predicted molar refractivity (Wildman–Crippen MR) is 89.9 cm³/mol. The Labute approximate surface area is 133 Å². The second-order valence-corrected chi connectivity index (χ2v) is 7.05. The SMILES string of the molecule is CC(Cc1cccs1)N(C)Cc1sccc1C=CC(=O)O. The fourth-order valence-corrected chi connectivity index (χ4v) is 3.80. The number of hydrogen-bond acceptors (Lipinski definition) is 4. The van der Waals surface area contributed by atoms with Gasteiger partial charge in [0.1, 0.15) is 0 Å². The molecule has 5 heteroatoms. The van der Waals surface area contributed by atoms with Crippen molar-refractivity contribution >= 4 is 34.7 Å². The van der Waals surface area contributed by atoms with E-state index in [0.717, 1.165) is 18.5 Å². The highest BCUT2D eigenvalue weighted by Crippen LogP contribution is 2.22. The van der Waals surface area contributed by atoms with Crippen molar-refractivity contribution in [1.29, 1.82) is 0 Å². The lowest BCUT2D eigenvalue weighted by Gasteiger charge is -2.24. The lowest BCUT2D eigenvalue weighted by atomic mass is 10.1. The minimum absolute atomic E-state index is 0.446. The van der Waals surface area contributed by atoms with E-state index >= 15 is 0 Å².